The van der Waals surface area contributed by atoms with Crippen molar-refractivity contribution in [1.82, 2.24) is 5.32 Å². The van der Waals surface area contributed by atoms with Crippen molar-refractivity contribution in [2.75, 3.05) is 14.2 Å². The molecule has 0 amide bonds. The Morgan fingerprint density at radius 1 is 1.05 bits per heavy atom. The summed E-state index contributed by atoms with van der Waals surface area (Å²) in [4.78, 5) is 0. The van der Waals surface area contributed by atoms with Crippen molar-refractivity contribution >= 4 is 0 Å². The zero-order valence-electron chi connectivity index (χ0n) is 12.7. The lowest BCUT2D eigenvalue weighted by Crippen LogP contribution is -2.06. The van der Waals surface area contributed by atoms with Gasteiger partial charge in [-0.25, -0.2) is 0 Å². The Kier molecular flexibility index (Phi) is 4.80. The molecule has 2 aromatic carbocycles. The molecule has 20 heavy (non-hydrogen) atoms. The molecule has 2 nitrogen and oxygen atoms in total. The quantitative estimate of drug-likeness (QED) is 0.878. The highest BCUT2D eigenvalue weighted by Crippen LogP contribution is 2.28. The van der Waals surface area contributed by atoms with Gasteiger partial charge in [0.2, 0.25) is 0 Å². The molecule has 0 spiro atoms. The van der Waals surface area contributed by atoms with Crippen molar-refractivity contribution in [3.05, 3.63) is 53.6 Å². The molecule has 0 atom stereocenters. The van der Waals surface area contributed by atoms with Crippen LogP contribution in [0.2, 0.25) is 0 Å². The molecule has 0 bridgehead atoms. The molecular formula is C18H23NO. The molecule has 0 aliphatic heterocycles. The third-order valence-corrected chi connectivity index (χ3v) is 3.57. The number of ether oxygens (including phenoxy) is 1. The molecule has 0 aliphatic carbocycles. The first-order valence-electron chi connectivity index (χ1n) is 7.07. The van der Waals surface area contributed by atoms with Crippen molar-refractivity contribution in [2.24, 2.45) is 0 Å². The van der Waals surface area contributed by atoms with E-state index in [4.69, 9.17) is 4.74 Å². The van der Waals surface area contributed by atoms with Crippen LogP contribution in [0.5, 0.6) is 5.75 Å². The predicted molar refractivity (Wildman–Crippen MR) is 85.3 cm³/mol. The number of nitrogens with one attached hydrogen (secondary N) is 1. The lowest BCUT2D eigenvalue weighted by Gasteiger charge is -2.13. The van der Waals surface area contributed by atoms with Crippen LogP contribution in [0, 0.1) is 0 Å². The second kappa shape index (κ2) is 6.58. The van der Waals surface area contributed by atoms with Crippen LogP contribution in [0.15, 0.2) is 42.5 Å². The molecule has 0 radical (unpaired) electrons. The van der Waals surface area contributed by atoms with Gasteiger partial charge in [-0.05, 0) is 47.4 Å². The van der Waals surface area contributed by atoms with E-state index in [1.807, 2.05) is 13.1 Å². The third-order valence-electron chi connectivity index (χ3n) is 3.57. The monoisotopic (exact) mass is 269 g/mol. The fraction of sp³-hybridized carbons (Fsp3) is 0.333. The van der Waals surface area contributed by atoms with Crippen LogP contribution in [0.25, 0.3) is 11.1 Å². The van der Waals surface area contributed by atoms with Crippen LogP contribution in [0.3, 0.4) is 0 Å². The number of hydrogen-bond acceptors (Lipinski definition) is 2. The minimum atomic E-state index is 0.566. The summed E-state index contributed by atoms with van der Waals surface area (Å²) in [5, 5.41) is 3.22. The zero-order chi connectivity index (χ0) is 14.5. The van der Waals surface area contributed by atoms with Crippen LogP contribution in [-0.2, 0) is 6.54 Å². The van der Waals surface area contributed by atoms with Gasteiger partial charge < -0.3 is 10.1 Å². The maximum atomic E-state index is 5.31. The van der Waals surface area contributed by atoms with Gasteiger partial charge in [-0.2, -0.15) is 0 Å². The molecule has 2 rings (SSSR count). The Hall–Kier alpha value is -1.80. The second-order valence-corrected chi connectivity index (χ2v) is 5.33. The first-order chi connectivity index (χ1) is 9.65. The molecule has 0 heterocycles. The SMILES string of the molecule is CNCc1cc(OC)ccc1-c1ccc(C(C)C)cc1. The van der Waals surface area contributed by atoms with Gasteiger partial charge in [0.25, 0.3) is 0 Å². The van der Waals surface area contributed by atoms with Crippen LogP contribution >= 0.6 is 0 Å². The highest BCUT2D eigenvalue weighted by molar-refractivity contribution is 5.68. The Morgan fingerprint density at radius 2 is 1.75 bits per heavy atom. The second-order valence-electron chi connectivity index (χ2n) is 5.33. The van der Waals surface area contributed by atoms with Crippen LogP contribution in [0.1, 0.15) is 30.9 Å². The number of benzene rings is 2. The van der Waals surface area contributed by atoms with Gasteiger partial charge in [0.15, 0.2) is 0 Å². The minimum absolute atomic E-state index is 0.566. The standard InChI is InChI=1S/C18H23NO/c1-13(2)14-5-7-15(8-6-14)18-10-9-17(20-4)11-16(18)12-19-3/h5-11,13,19H,12H2,1-4H3. The smallest absolute Gasteiger partial charge is 0.119 e. The van der Waals surface area contributed by atoms with Gasteiger partial charge in [0, 0.05) is 6.54 Å². The minimum Gasteiger partial charge on any atom is -0.497 e. The van der Waals surface area contributed by atoms with Crippen molar-refractivity contribution < 1.29 is 4.74 Å². The van der Waals surface area contributed by atoms with E-state index in [0.717, 1.165) is 12.3 Å². The molecule has 0 aliphatic rings. The van der Waals surface area contributed by atoms with Crippen LogP contribution < -0.4 is 10.1 Å². The molecule has 0 fully saturated rings. The highest BCUT2D eigenvalue weighted by atomic mass is 16.5. The fourth-order valence-electron chi connectivity index (χ4n) is 2.36. The zero-order valence-corrected chi connectivity index (χ0v) is 12.7. The van der Waals surface area contributed by atoms with E-state index < -0.39 is 0 Å². The summed E-state index contributed by atoms with van der Waals surface area (Å²) in [5.41, 5.74) is 5.14. The van der Waals surface area contributed by atoms with Gasteiger partial charge in [0.05, 0.1) is 7.11 Å². The van der Waals surface area contributed by atoms with Gasteiger partial charge in [-0.3, -0.25) is 0 Å². The van der Waals surface area contributed by atoms with Gasteiger partial charge >= 0.3 is 0 Å². The van der Waals surface area contributed by atoms with E-state index in [1.165, 1.54) is 22.3 Å². The van der Waals surface area contributed by atoms with E-state index >= 15 is 0 Å². The lowest BCUT2D eigenvalue weighted by molar-refractivity contribution is 0.414. The summed E-state index contributed by atoms with van der Waals surface area (Å²) in [7, 11) is 3.67. The summed E-state index contributed by atoms with van der Waals surface area (Å²) in [6.45, 7) is 5.27. The first kappa shape index (κ1) is 14.6. The largest absolute Gasteiger partial charge is 0.497 e. The number of methoxy groups -OCH3 is 1. The molecule has 1 N–H and O–H groups in total. The number of rotatable bonds is 5. The van der Waals surface area contributed by atoms with Crippen LogP contribution in [-0.4, -0.2) is 14.2 Å². The van der Waals surface area contributed by atoms with Crippen molar-refractivity contribution in [1.29, 1.82) is 0 Å². The maximum Gasteiger partial charge on any atom is 0.119 e. The van der Waals surface area contributed by atoms with E-state index in [-0.39, 0.29) is 0 Å². The third kappa shape index (κ3) is 3.20. The summed E-state index contributed by atoms with van der Waals surface area (Å²) < 4.78 is 5.31. The topological polar surface area (TPSA) is 21.3 Å². The maximum absolute atomic E-state index is 5.31. The van der Waals surface area contributed by atoms with Crippen molar-refractivity contribution in [2.45, 2.75) is 26.3 Å². The fourth-order valence-corrected chi connectivity index (χ4v) is 2.36. The van der Waals surface area contributed by atoms with E-state index in [0.29, 0.717) is 5.92 Å². The van der Waals surface area contributed by atoms with E-state index in [2.05, 4.69) is 55.6 Å². The van der Waals surface area contributed by atoms with E-state index in [9.17, 15) is 0 Å². The molecule has 106 valence electrons. The summed E-state index contributed by atoms with van der Waals surface area (Å²) in [6, 6.07) is 15.1. The summed E-state index contributed by atoms with van der Waals surface area (Å²) in [5.74, 6) is 1.47. The summed E-state index contributed by atoms with van der Waals surface area (Å²) >= 11 is 0. The molecular weight excluding hydrogens is 246 g/mol. The molecule has 0 aromatic heterocycles. The highest BCUT2D eigenvalue weighted by Gasteiger charge is 2.07. The average molecular weight is 269 g/mol. The van der Waals surface area contributed by atoms with Gasteiger partial charge in [-0.15, -0.1) is 0 Å². The first-order valence-corrected chi connectivity index (χ1v) is 7.07. The molecule has 2 aromatic rings. The Balaban J connectivity index is 2.40. The van der Waals surface area contributed by atoms with Crippen LogP contribution in [0.4, 0.5) is 0 Å². The molecule has 0 saturated heterocycles. The Morgan fingerprint density at radius 3 is 2.30 bits per heavy atom. The number of hydrogen-bond donors (Lipinski definition) is 1. The van der Waals surface area contributed by atoms with Crippen molar-refractivity contribution in [3.63, 3.8) is 0 Å². The Bertz CT molecular complexity index is 558. The normalized spacial score (nSPS) is 10.8. The molecule has 2 heteroatoms. The van der Waals surface area contributed by atoms with Crippen molar-refractivity contribution in [3.8, 4) is 16.9 Å². The van der Waals surface area contributed by atoms with Gasteiger partial charge in [0.1, 0.15) is 5.75 Å². The molecule has 0 unspecified atom stereocenters. The Labute approximate surface area is 121 Å². The lowest BCUT2D eigenvalue weighted by atomic mass is 9.96. The predicted octanol–water partition coefficient (Wildman–Crippen LogP) is 4.21. The summed E-state index contributed by atoms with van der Waals surface area (Å²) in [6.07, 6.45) is 0. The molecule has 0 saturated carbocycles. The average Bonchev–Trinajstić information content (AvgIpc) is 2.47. The van der Waals surface area contributed by atoms with Gasteiger partial charge in [-0.1, -0.05) is 44.2 Å². The van der Waals surface area contributed by atoms with E-state index in [1.54, 1.807) is 7.11 Å².